The Morgan fingerprint density at radius 2 is 2.00 bits per heavy atom. The van der Waals surface area contributed by atoms with Crippen molar-refractivity contribution in [3.63, 3.8) is 0 Å². The van der Waals surface area contributed by atoms with Crippen molar-refractivity contribution in [2.24, 2.45) is 5.92 Å². The third-order valence-electron chi connectivity index (χ3n) is 3.64. The summed E-state index contributed by atoms with van der Waals surface area (Å²) >= 11 is 0. The van der Waals surface area contributed by atoms with Crippen molar-refractivity contribution in [2.45, 2.75) is 26.2 Å². The van der Waals surface area contributed by atoms with Crippen molar-refractivity contribution in [2.75, 3.05) is 0 Å². The molecule has 0 amide bonds. The quantitative estimate of drug-likeness (QED) is 0.626. The van der Waals surface area contributed by atoms with E-state index < -0.39 is 0 Å². The van der Waals surface area contributed by atoms with Crippen LogP contribution in [0.5, 0.6) is 0 Å². The van der Waals surface area contributed by atoms with Crippen molar-refractivity contribution >= 4 is 11.4 Å². The zero-order chi connectivity index (χ0) is 10.4. The van der Waals surface area contributed by atoms with Gasteiger partial charge in [0.15, 0.2) is 5.78 Å². The van der Waals surface area contributed by atoms with E-state index in [9.17, 15) is 4.79 Å². The zero-order valence-electron chi connectivity index (χ0n) is 8.92. The number of benzene rings is 1. The molecule has 2 aliphatic carbocycles. The van der Waals surface area contributed by atoms with Gasteiger partial charge in [0.25, 0.3) is 0 Å². The van der Waals surface area contributed by atoms with Crippen LogP contribution in [0.1, 0.15) is 30.9 Å². The number of aryl methyl sites for hydroxylation is 1. The summed E-state index contributed by atoms with van der Waals surface area (Å²) in [5, 5.41) is 0. The van der Waals surface area contributed by atoms with Crippen LogP contribution in [0.4, 0.5) is 0 Å². The fourth-order valence-electron chi connectivity index (χ4n) is 2.87. The number of carbonyl (C=O) groups is 1. The Hall–Kier alpha value is -1.37. The minimum atomic E-state index is 0.352. The van der Waals surface area contributed by atoms with Gasteiger partial charge in [-0.05, 0) is 29.9 Å². The monoisotopic (exact) mass is 198 g/mol. The average Bonchev–Trinajstić information content (AvgIpc) is 2.55. The average molecular weight is 198 g/mol. The van der Waals surface area contributed by atoms with E-state index in [2.05, 4.69) is 25.1 Å². The second kappa shape index (κ2) is 3.06. The Balaban J connectivity index is 2.22. The van der Waals surface area contributed by atoms with Crippen LogP contribution in [0.3, 0.4) is 0 Å². The first-order chi connectivity index (χ1) is 7.27. The molecule has 76 valence electrons. The molecule has 0 N–H and O–H groups in total. The molecule has 1 unspecified atom stereocenters. The third-order valence-corrected chi connectivity index (χ3v) is 3.64. The van der Waals surface area contributed by atoms with Crippen molar-refractivity contribution in [3.05, 3.63) is 41.0 Å². The highest BCUT2D eigenvalue weighted by Gasteiger charge is 2.33. The molecule has 0 radical (unpaired) electrons. The summed E-state index contributed by atoms with van der Waals surface area (Å²) < 4.78 is 0. The first-order valence-electron chi connectivity index (χ1n) is 5.62. The normalized spacial score (nSPS) is 24.1. The number of hydrogen-bond donors (Lipinski definition) is 0. The molecule has 1 nitrogen and oxygen atoms in total. The highest BCUT2D eigenvalue weighted by atomic mass is 16.1. The SMILES string of the molecule is CC1CC(=O)C2=C1CCc1ccccc12. The van der Waals surface area contributed by atoms with E-state index in [-0.39, 0.29) is 0 Å². The van der Waals surface area contributed by atoms with Gasteiger partial charge >= 0.3 is 0 Å². The molecular weight excluding hydrogens is 184 g/mol. The predicted molar refractivity (Wildman–Crippen MR) is 60.5 cm³/mol. The van der Waals surface area contributed by atoms with Crippen molar-refractivity contribution in [1.29, 1.82) is 0 Å². The Morgan fingerprint density at radius 3 is 2.87 bits per heavy atom. The molecule has 0 spiro atoms. The second-order valence-corrected chi connectivity index (χ2v) is 4.59. The van der Waals surface area contributed by atoms with E-state index in [0.717, 1.165) is 24.8 Å². The number of hydrogen-bond acceptors (Lipinski definition) is 1. The van der Waals surface area contributed by atoms with Gasteiger partial charge in [0.1, 0.15) is 0 Å². The van der Waals surface area contributed by atoms with Gasteiger partial charge in [-0.1, -0.05) is 36.8 Å². The second-order valence-electron chi connectivity index (χ2n) is 4.59. The smallest absolute Gasteiger partial charge is 0.164 e. The molecule has 0 aromatic heterocycles. The molecule has 1 aromatic carbocycles. The summed E-state index contributed by atoms with van der Waals surface area (Å²) in [4.78, 5) is 11.9. The van der Waals surface area contributed by atoms with Gasteiger partial charge in [0.2, 0.25) is 0 Å². The highest BCUT2D eigenvalue weighted by molar-refractivity contribution is 6.24. The lowest BCUT2D eigenvalue weighted by Crippen LogP contribution is -2.06. The molecule has 1 atom stereocenters. The molecule has 3 rings (SSSR count). The van der Waals surface area contributed by atoms with Crippen LogP contribution < -0.4 is 0 Å². The summed E-state index contributed by atoms with van der Waals surface area (Å²) in [6.45, 7) is 2.17. The summed E-state index contributed by atoms with van der Waals surface area (Å²) in [5.41, 5.74) is 5.00. The van der Waals surface area contributed by atoms with Crippen molar-refractivity contribution in [1.82, 2.24) is 0 Å². The van der Waals surface area contributed by atoms with Gasteiger partial charge in [-0.15, -0.1) is 0 Å². The summed E-state index contributed by atoms with van der Waals surface area (Å²) in [6.07, 6.45) is 2.91. The van der Waals surface area contributed by atoms with Crippen LogP contribution in [-0.2, 0) is 11.2 Å². The fraction of sp³-hybridized carbons (Fsp3) is 0.357. The molecule has 2 aliphatic rings. The van der Waals surface area contributed by atoms with Gasteiger partial charge in [0.05, 0.1) is 0 Å². The number of rotatable bonds is 0. The van der Waals surface area contributed by atoms with Gasteiger partial charge in [0, 0.05) is 12.0 Å². The molecule has 15 heavy (non-hydrogen) atoms. The van der Waals surface area contributed by atoms with Crippen LogP contribution in [0.25, 0.3) is 5.57 Å². The molecule has 0 fully saturated rings. The van der Waals surface area contributed by atoms with Crippen LogP contribution in [-0.4, -0.2) is 5.78 Å². The molecule has 1 heteroatoms. The number of Topliss-reactive ketones (excluding diaryl/α,β-unsaturated/α-hetero) is 1. The lowest BCUT2D eigenvalue weighted by Gasteiger charge is -2.19. The molecule has 1 aromatic rings. The third kappa shape index (κ3) is 1.19. The lowest BCUT2D eigenvalue weighted by atomic mass is 9.85. The standard InChI is InChI=1S/C14H14O/c1-9-8-13(15)14-11(9)7-6-10-4-2-3-5-12(10)14/h2-5,9H,6-8H2,1H3. The fourth-order valence-corrected chi connectivity index (χ4v) is 2.87. The number of fused-ring (bicyclic) bond motifs is 2. The Bertz CT molecular complexity index is 468. The zero-order valence-corrected chi connectivity index (χ0v) is 8.92. The van der Waals surface area contributed by atoms with E-state index in [1.54, 1.807) is 0 Å². The minimum absolute atomic E-state index is 0.352. The first kappa shape index (κ1) is 8.90. The minimum Gasteiger partial charge on any atom is -0.294 e. The first-order valence-corrected chi connectivity index (χ1v) is 5.62. The van der Waals surface area contributed by atoms with Crippen LogP contribution in [0.15, 0.2) is 29.8 Å². The van der Waals surface area contributed by atoms with Crippen LogP contribution in [0.2, 0.25) is 0 Å². The van der Waals surface area contributed by atoms with Gasteiger partial charge < -0.3 is 0 Å². The topological polar surface area (TPSA) is 17.1 Å². The van der Waals surface area contributed by atoms with E-state index in [1.807, 2.05) is 6.07 Å². The van der Waals surface area contributed by atoms with E-state index in [4.69, 9.17) is 0 Å². The summed E-state index contributed by atoms with van der Waals surface area (Å²) in [6, 6.07) is 8.34. The molecule has 0 aliphatic heterocycles. The van der Waals surface area contributed by atoms with Crippen LogP contribution >= 0.6 is 0 Å². The molecular formula is C14H14O. The Kier molecular flexibility index (Phi) is 1.82. The molecule has 0 saturated carbocycles. The van der Waals surface area contributed by atoms with Gasteiger partial charge in [-0.2, -0.15) is 0 Å². The summed E-state index contributed by atoms with van der Waals surface area (Å²) in [7, 11) is 0. The van der Waals surface area contributed by atoms with E-state index >= 15 is 0 Å². The number of ketones is 1. The van der Waals surface area contributed by atoms with E-state index in [1.165, 1.54) is 16.7 Å². The summed E-state index contributed by atoms with van der Waals surface area (Å²) in [5.74, 6) is 0.825. The number of allylic oxidation sites excluding steroid dienone is 2. The lowest BCUT2D eigenvalue weighted by molar-refractivity contribution is -0.113. The van der Waals surface area contributed by atoms with Gasteiger partial charge in [-0.25, -0.2) is 0 Å². The van der Waals surface area contributed by atoms with Gasteiger partial charge in [-0.3, -0.25) is 4.79 Å². The molecule has 0 saturated heterocycles. The van der Waals surface area contributed by atoms with E-state index in [0.29, 0.717) is 11.7 Å². The predicted octanol–water partition coefficient (Wildman–Crippen LogP) is 3.00. The maximum Gasteiger partial charge on any atom is 0.164 e. The maximum absolute atomic E-state index is 11.9. The molecule has 0 heterocycles. The largest absolute Gasteiger partial charge is 0.294 e. The molecule has 0 bridgehead atoms. The number of carbonyl (C=O) groups excluding carboxylic acids is 1. The maximum atomic E-state index is 11.9. The Morgan fingerprint density at radius 1 is 1.20 bits per heavy atom. The van der Waals surface area contributed by atoms with Crippen LogP contribution in [0, 0.1) is 5.92 Å². The Labute approximate surface area is 89.8 Å². The van der Waals surface area contributed by atoms with Crippen molar-refractivity contribution in [3.8, 4) is 0 Å². The highest BCUT2D eigenvalue weighted by Crippen LogP contribution is 2.42. The van der Waals surface area contributed by atoms with Crippen molar-refractivity contribution < 1.29 is 4.79 Å².